The number of primary amides is 1. The van der Waals surface area contributed by atoms with E-state index < -0.39 is 27.9 Å². The molecule has 21 heavy (non-hydrogen) atoms. The zero-order valence-electron chi connectivity index (χ0n) is 11.4. The molecule has 1 amide bonds. The molecule has 0 unspecified atom stereocenters. The van der Waals surface area contributed by atoms with Crippen molar-refractivity contribution in [3.8, 4) is 0 Å². The molecular weight excluding hydrogens is 364 g/mol. The highest BCUT2D eigenvalue weighted by Crippen LogP contribution is 2.23. The summed E-state index contributed by atoms with van der Waals surface area (Å²) >= 11 is 3.09. The summed E-state index contributed by atoms with van der Waals surface area (Å²) in [6.45, 7) is 3.22. The summed E-state index contributed by atoms with van der Waals surface area (Å²) in [5.74, 6) is -1.35. The number of esters is 1. The molecule has 7 nitrogen and oxygen atoms in total. The molecule has 0 spiro atoms. The summed E-state index contributed by atoms with van der Waals surface area (Å²) in [7, 11) is -3.94. The summed E-state index contributed by atoms with van der Waals surface area (Å²) < 4.78 is 31.4. The molecule has 0 heterocycles. The van der Waals surface area contributed by atoms with E-state index in [0.717, 1.165) is 0 Å². The van der Waals surface area contributed by atoms with Crippen molar-refractivity contribution in [3.05, 3.63) is 28.2 Å². The molecule has 3 N–H and O–H groups in total. The molecule has 0 saturated carbocycles. The third kappa shape index (κ3) is 4.51. The highest BCUT2D eigenvalue weighted by Gasteiger charge is 2.23. The largest absolute Gasteiger partial charge is 0.462 e. The molecule has 1 atom stereocenters. The van der Waals surface area contributed by atoms with Crippen LogP contribution in [0.5, 0.6) is 0 Å². The van der Waals surface area contributed by atoms with Crippen LogP contribution in [0.25, 0.3) is 0 Å². The Morgan fingerprint density at radius 2 is 2.05 bits per heavy atom. The fourth-order valence-corrected chi connectivity index (χ4v) is 3.70. The molecule has 1 rings (SSSR count). The lowest BCUT2D eigenvalue weighted by atomic mass is 10.2. The topological polar surface area (TPSA) is 116 Å². The van der Waals surface area contributed by atoms with Crippen LogP contribution in [0, 0.1) is 0 Å². The minimum absolute atomic E-state index is 0.108. The molecule has 0 bridgehead atoms. The Morgan fingerprint density at radius 3 is 2.52 bits per heavy atom. The van der Waals surface area contributed by atoms with Gasteiger partial charge >= 0.3 is 5.97 Å². The first-order valence-corrected chi connectivity index (χ1v) is 8.25. The second kappa shape index (κ2) is 7.01. The molecule has 0 fully saturated rings. The lowest BCUT2D eigenvalue weighted by molar-refractivity contribution is -0.119. The molecular formula is C12H15BrN2O5S. The number of sulfonamides is 1. The first-order chi connectivity index (χ1) is 9.69. The van der Waals surface area contributed by atoms with Crippen LogP contribution < -0.4 is 10.5 Å². The van der Waals surface area contributed by atoms with Crippen LogP contribution in [0.1, 0.15) is 24.2 Å². The predicted octanol–water partition coefficient (Wildman–Crippen LogP) is 0.778. The SMILES string of the molecule is CCOC(=O)c1ccc(S(=O)(=O)N[C@H](C)C(N)=O)c(Br)c1. The first-order valence-electron chi connectivity index (χ1n) is 5.97. The minimum Gasteiger partial charge on any atom is -0.462 e. The van der Waals surface area contributed by atoms with Gasteiger partial charge in [0.05, 0.1) is 23.1 Å². The van der Waals surface area contributed by atoms with Gasteiger partial charge in [0, 0.05) is 4.47 Å². The van der Waals surface area contributed by atoms with Crippen LogP contribution in [-0.4, -0.2) is 32.9 Å². The summed E-state index contributed by atoms with van der Waals surface area (Å²) in [4.78, 5) is 22.4. The summed E-state index contributed by atoms with van der Waals surface area (Å²) in [6, 6.07) is 2.85. The number of ether oxygens (including phenoxy) is 1. The van der Waals surface area contributed by atoms with Gasteiger partial charge in [-0.25, -0.2) is 13.2 Å². The second-order valence-electron chi connectivity index (χ2n) is 4.11. The van der Waals surface area contributed by atoms with Gasteiger partial charge in [0.25, 0.3) is 0 Å². The fraction of sp³-hybridized carbons (Fsp3) is 0.333. The van der Waals surface area contributed by atoms with Gasteiger partial charge in [0.2, 0.25) is 15.9 Å². The zero-order valence-corrected chi connectivity index (χ0v) is 13.8. The maximum absolute atomic E-state index is 12.1. The van der Waals surface area contributed by atoms with Gasteiger partial charge in [-0.3, -0.25) is 4.79 Å². The zero-order chi connectivity index (χ0) is 16.2. The average molecular weight is 379 g/mol. The number of amides is 1. The Labute approximate surface area is 131 Å². The molecule has 1 aromatic rings. The minimum atomic E-state index is -3.94. The molecule has 0 saturated heterocycles. The molecule has 0 aliphatic carbocycles. The van der Waals surface area contributed by atoms with E-state index >= 15 is 0 Å². The maximum Gasteiger partial charge on any atom is 0.338 e. The molecule has 0 aromatic heterocycles. The number of nitrogens with one attached hydrogen (secondary N) is 1. The maximum atomic E-state index is 12.1. The number of rotatable bonds is 6. The van der Waals surface area contributed by atoms with E-state index in [9.17, 15) is 18.0 Å². The highest BCUT2D eigenvalue weighted by atomic mass is 79.9. The molecule has 0 radical (unpaired) electrons. The number of nitrogens with two attached hydrogens (primary N) is 1. The molecule has 0 aliphatic rings. The first kappa shape index (κ1) is 17.6. The van der Waals surface area contributed by atoms with Crippen molar-refractivity contribution in [1.82, 2.24) is 4.72 Å². The molecule has 9 heteroatoms. The monoisotopic (exact) mass is 378 g/mol. The van der Waals surface area contributed by atoms with Crippen molar-refractivity contribution in [2.24, 2.45) is 5.73 Å². The fourth-order valence-electron chi connectivity index (χ4n) is 1.41. The summed E-state index contributed by atoms with van der Waals surface area (Å²) in [5.41, 5.74) is 5.23. The molecule has 1 aromatic carbocycles. The standard InChI is InChI=1S/C12H15BrN2O5S/c1-3-20-12(17)8-4-5-10(9(13)6-8)21(18,19)15-7(2)11(14)16/h4-7,15H,3H2,1-2H3,(H2,14,16)/t7-/m1/s1. The van der Waals surface area contributed by atoms with Crippen molar-refractivity contribution < 1.29 is 22.7 Å². The lowest BCUT2D eigenvalue weighted by Gasteiger charge is -2.12. The quantitative estimate of drug-likeness (QED) is 0.709. The van der Waals surface area contributed by atoms with Crippen molar-refractivity contribution in [2.75, 3.05) is 6.61 Å². The van der Waals surface area contributed by atoms with Gasteiger partial charge in [0.1, 0.15) is 0 Å². The normalized spacial score (nSPS) is 12.7. The smallest absolute Gasteiger partial charge is 0.338 e. The van der Waals surface area contributed by atoms with Gasteiger partial charge in [-0.2, -0.15) is 4.72 Å². The average Bonchev–Trinajstić information content (AvgIpc) is 2.37. The van der Waals surface area contributed by atoms with Gasteiger partial charge in [0.15, 0.2) is 0 Å². The number of carbonyl (C=O) groups excluding carboxylic acids is 2. The second-order valence-corrected chi connectivity index (χ2v) is 6.65. The number of carbonyl (C=O) groups is 2. The van der Waals surface area contributed by atoms with Crippen LogP contribution in [-0.2, 0) is 19.6 Å². The third-order valence-electron chi connectivity index (χ3n) is 2.49. The Balaban J connectivity index is 3.09. The lowest BCUT2D eigenvalue weighted by Crippen LogP contribution is -2.42. The van der Waals surface area contributed by atoms with E-state index in [1.54, 1.807) is 6.92 Å². The van der Waals surface area contributed by atoms with Gasteiger partial charge in [-0.05, 0) is 48.0 Å². The van der Waals surface area contributed by atoms with E-state index in [4.69, 9.17) is 10.5 Å². The molecule has 0 aliphatic heterocycles. The van der Waals surface area contributed by atoms with Crippen molar-refractivity contribution in [1.29, 1.82) is 0 Å². The van der Waals surface area contributed by atoms with Crippen LogP contribution in [0.3, 0.4) is 0 Å². The highest BCUT2D eigenvalue weighted by molar-refractivity contribution is 9.10. The van der Waals surface area contributed by atoms with E-state index in [1.165, 1.54) is 25.1 Å². The predicted molar refractivity (Wildman–Crippen MR) is 79.1 cm³/mol. The van der Waals surface area contributed by atoms with Gasteiger partial charge in [-0.1, -0.05) is 0 Å². The Hall–Kier alpha value is -1.45. The molecule has 116 valence electrons. The van der Waals surface area contributed by atoms with E-state index in [-0.39, 0.29) is 21.5 Å². The van der Waals surface area contributed by atoms with E-state index in [0.29, 0.717) is 0 Å². The van der Waals surface area contributed by atoms with E-state index in [1.807, 2.05) is 0 Å². The van der Waals surface area contributed by atoms with Crippen molar-refractivity contribution in [3.63, 3.8) is 0 Å². The third-order valence-corrected chi connectivity index (χ3v) is 5.01. The van der Waals surface area contributed by atoms with Gasteiger partial charge in [-0.15, -0.1) is 0 Å². The van der Waals surface area contributed by atoms with Crippen LogP contribution >= 0.6 is 15.9 Å². The van der Waals surface area contributed by atoms with Crippen molar-refractivity contribution >= 4 is 37.8 Å². The number of halogens is 1. The Kier molecular flexibility index (Phi) is 5.87. The summed E-state index contributed by atoms with van der Waals surface area (Å²) in [5, 5.41) is 0. The van der Waals surface area contributed by atoms with Gasteiger partial charge < -0.3 is 10.5 Å². The van der Waals surface area contributed by atoms with Crippen LogP contribution in [0.4, 0.5) is 0 Å². The number of benzene rings is 1. The summed E-state index contributed by atoms with van der Waals surface area (Å²) in [6.07, 6.45) is 0. The Bertz CT molecular complexity index is 660. The van der Waals surface area contributed by atoms with Crippen molar-refractivity contribution in [2.45, 2.75) is 24.8 Å². The number of hydrogen-bond donors (Lipinski definition) is 2. The van der Waals surface area contributed by atoms with E-state index in [2.05, 4.69) is 20.7 Å². The van der Waals surface area contributed by atoms with Crippen LogP contribution in [0.2, 0.25) is 0 Å². The number of hydrogen-bond acceptors (Lipinski definition) is 5. The van der Waals surface area contributed by atoms with Crippen LogP contribution in [0.15, 0.2) is 27.6 Å². The Morgan fingerprint density at radius 1 is 1.43 bits per heavy atom.